The van der Waals surface area contributed by atoms with Gasteiger partial charge in [-0.3, -0.25) is 0 Å². The lowest BCUT2D eigenvalue weighted by atomic mass is 9.92. The number of nitrogens with zero attached hydrogens (tertiary/aromatic N) is 2. The van der Waals surface area contributed by atoms with Crippen molar-refractivity contribution in [2.45, 2.75) is 39.2 Å². The Morgan fingerprint density at radius 3 is 2.72 bits per heavy atom. The molecule has 0 amide bonds. The van der Waals surface area contributed by atoms with Crippen LogP contribution in [-0.4, -0.2) is 23.2 Å². The molecule has 1 N–H and O–H groups in total. The van der Waals surface area contributed by atoms with Gasteiger partial charge in [0.25, 0.3) is 0 Å². The number of hydrogen-bond acceptors (Lipinski definition) is 3. The molecule has 0 spiro atoms. The van der Waals surface area contributed by atoms with Gasteiger partial charge in [0, 0.05) is 19.3 Å². The highest BCUT2D eigenvalue weighted by Crippen LogP contribution is 2.29. The van der Waals surface area contributed by atoms with Crippen molar-refractivity contribution in [3.8, 4) is 0 Å². The summed E-state index contributed by atoms with van der Waals surface area (Å²) in [4.78, 5) is 6.64. The van der Waals surface area contributed by atoms with E-state index in [-0.39, 0.29) is 6.61 Å². The fraction of sp³-hybridized carbons (Fsp3) is 0.643. The molecule has 1 aliphatic rings. The number of aromatic nitrogens is 1. The van der Waals surface area contributed by atoms with Gasteiger partial charge in [0.1, 0.15) is 5.82 Å². The molecule has 0 aliphatic carbocycles. The second-order valence-electron chi connectivity index (χ2n) is 5.03. The predicted octanol–water partition coefficient (Wildman–Crippen LogP) is 3.24. The zero-order valence-electron chi connectivity index (χ0n) is 10.9. The van der Waals surface area contributed by atoms with Crippen LogP contribution in [-0.2, 0) is 6.61 Å². The van der Waals surface area contributed by atoms with Crippen LogP contribution >= 0.6 is 11.6 Å². The SMILES string of the molecule is CCCC1CCN(c2ncc(CO)cc2Cl)CC1. The summed E-state index contributed by atoms with van der Waals surface area (Å²) in [5, 5.41) is 9.69. The molecule has 0 bridgehead atoms. The van der Waals surface area contributed by atoms with E-state index in [4.69, 9.17) is 16.7 Å². The molecule has 0 aromatic carbocycles. The standard InChI is InChI=1S/C14H21ClN2O/c1-2-3-11-4-6-17(7-5-11)14-13(15)8-12(10-18)9-16-14/h8-9,11,18H,2-7,10H2,1H3. The second-order valence-corrected chi connectivity index (χ2v) is 5.43. The van der Waals surface area contributed by atoms with Gasteiger partial charge < -0.3 is 10.0 Å². The topological polar surface area (TPSA) is 36.4 Å². The lowest BCUT2D eigenvalue weighted by Crippen LogP contribution is -2.34. The average Bonchev–Trinajstić information content (AvgIpc) is 2.40. The lowest BCUT2D eigenvalue weighted by Gasteiger charge is -2.33. The molecule has 1 aliphatic heterocycles. The van der Waals surface area contributed by atoms with Gasteiger partial charge in [0.2, 0.25) is 0 Å². The predicted molar refractivity (Wildman–Crippen MR) is 75.0 cm³/mol. The summed E-state index contributed by atoms with van der Waals surface area (Å²) in [5.74, 6) is 1.73. The van der Waals surface area contributed by atoms with Crippen LogP contribution in [0.5, 0.6) is 0 Å². The summed E-state index contributed by atoms with van der Waals surface area (Å²) in [6.45, 7) is 4.32. The summed E-state index contributed by atoms with van der Waals surface area (Å²) in [6.07, 6.45) is 6.77. The number of piperidine rings is 1. The van der Waals surface area contributed by atoms with E-state index in [0.717, 1.165) is 30.4 Å². The molecule has 1 aromatic heterocycles. The monoisotopic (exact) mass is 268 g/mol. The molecule has 2 heterocycles. The Kier molecular flexibility index (Phi) is 4.84. The van der Waals surface area contributed by atoms with Gasteiger partial charge in [-0.05, 0) is 30.4 Å². The maximum atomic E-state index is 9.04. The lowest BCUT2D eigenvalue weighted by molar-refractivity contribution is 0.281. The summed E-state index contributed by atoms with van der Waals surface area (Å²) in [7, 11) is 0. The highest BCUT2D eigenvalue weighted by atomic mass is 35.5. The molecule has 100 valence electrons. The van der Waals surface area contributed by atoms with Gasteiger partial charge in [-0.25, -0.2) is 4.98 Å². The summed E-state index contributed by atoms with van der Waals surface area (Å²) < 4.78 is 0. The Balaban J connectivity index is 2.01. The largest absolute Gasteiger partial charge is 0.392 e. The summed E-state index contributed by atoms with van der Waals surface area (Å²) >= 11 is 6.22. The number of aliphatic hydroxyl groups is 1. The minimum absolute atomic E-state index is 0.00836. The third-order valence-corrected chi connectivity index (χ3v) is 3.95. The fourth-order valence-electron chi connectivity index (χ4n) is 2.63. The number of aliphatic hydroxyl groups excluding tert-OH is 1. The van der Waals surface area contributed by atoms with Crippen molar-refractivity contribution >= 4 is 17.4 Å². The van der Waals surface area contributed by atoms with Crippen LogP contribution in [0.25, 0.3) is 0 Å². The third kappa shape index (κ3) is 3.15. The molecule has 0 saturated carbocycles. The molecule has 0 unspecified atom stereocenters. The number of pyridine rings is 1. The third-order valence-electron chi connectivity index (χ3n) is 3.67. The first kappa shape index (κ1) is 13.6. The maximum absolute atomic E-state index is 9.04. The van der Waals surface area contributed by atoms with Crippen molar-refractivity contribution in [3.05, 3.63) is 22.8 Å². The molecule has 1 saturated heterocycles. The molecular formula is C14H21ClN2O. The number of rotatable bonds is 4. The minimum Gasteiger partial charge on any atom is -0.392 e. The van der Waals surface area contributed by atoms with Crippen molar-refractivity contribution in [1.29, 1.82) is 0 Å². The molecule has 18 heavy (non-hydrogen) atoms. The molecule has 2 rings (SSSR count). The molecular weight excluding hydrogens is 248 g/mol. The zero-order chi connectivity index (χ0) is 13.0. The van der Waals surface area contributed by atoms with Gasteiger partial charge >= 0.3 is 0 Å². The van der Waals surface area contributed by atoms with Crippen molar-refractivity contribution in [2.75, 3.05) is 18.0 Å². The Morgan fingerprint density at radius 1 is 1.44 bits per heavy atom. The quantitative estimate of drug-likeness (QED) is 0.911. The molecule has 1 fully saturated rings. The van der Waals surface area contributed by atoms with Gasteiger partial charge in [-0.2, -0.15) is 0 Å². The van der Waals surface area contributed by atoms with Crippen LogP contribution in [0, 0.1) is 5.92 Å². The van der Waals surface area contributed by atoms with Gasteiger partial charge in [-0.15, -0.1) is 0 Å². The Labute approximate surface area is 114 Å². The average molecular weight is 269 g/mol. The highest BCUT2D eigenvalue weighted by molar-refractivity contribution is 6.33. The molecule has 0 radical (unpaired) electrons. The van der Waals surface area contributed by atoms with Gasteiger partial charge in [0.05, 0.1) is 11.6 Å². The highest BCUT2D eigenvalue weighted by Gasteiger charge is 2.21. The molecule has 3 nitrogen and oxygen atoms in total. The van der Waals surface area contributed by atoms with Crippen molar-refractivity contribution in [2.24, 2.45) is 5.92 Å². The number of hydrogen-bond donors (Lipinski definition) is 1. The van der Waals surface area contributed by atoms with E-state index in [2.05, 4.69) is 16.8 Å². The van der Waals surface area contributed by atoms with Gasteiger partial charge in [0.15, 0.2) is 0 Å². The van der Waals surface area contributed by atoms with E-state index >= 15 is 0 Å². The van der Waals surface area contributed by atoms with Crippen LogP contribution in [0.2, 0.25) is 5.02 Å². The molecule has 4 heteroatoms. The van der Waals surface area contributed by atoms with E-state index in [1.54, 1.807) is 6.20 Å². The van der Waals surface area contributed by atoms with Crippen LogP contribution in [0.1, 0.15) is 38.2 Å². The van der Waals surface area contributed by atoms with Crippen LogP contribution in [0.3, 0.4) is 0 Å². The van der Waals surface area contributed by atoms with Crippen LogP contribution < -0.4 is 4.90 Å². The number of halogens is 1. The van der Waals surface area contributed by atoms with Crippen molar-refractivity contribution in [3.63, 3.8) is 0 Å². The van der Waals surface area contributed by atoms with E-state index in [1.807, 2.05) is 6.07 Å². The first-order valence-corrected chi connectivity index (χ1v) is 7.12. The zero-order valence-corrected chi connectivity index (χ0v) is 11.7. The maximum Gasteiger partial charge on any atom is 0.147 e. The first-order valence-electron chi connectivity index (χ1n) is 6.74. The molecule has 0 atom stereocenters. The van der Waals surface area contributed by atoms with Crippen molar-refractivity contribution in [1.82, 2.24) is 4.98 Å². The normalized spacial score (nSPS) is 17.2. The van der Waals surface area contributed by atoms with E-state index in [9.17, 15) is 0 Å². The van der Waals surface area contributed by atoms with Gasteiger partial charge in [-0.1, -0.05) is 31.4 Å². The van der Waals surface area contributed by atoms with E-state index in [1.165, 1.54) is 25.7 Å². The van der Waals surface area contributed by atoms with Crippen LogP contribution in [0.4, 0.5) is 5.82 Å². The summed E-state index contributed by atoms with van der Waals surface area (Å²) in [6, 6.07) is 1.81. The Morgan fingerprint density at radius 2 is 2.17 bits per heavy atom. The van der Waals surface area contributed by atoms with E-state index < -0.39 is 0 Å². The minimum atomic E-state index is -0.00836. The smallest absolute Gasteiger partial charge is 0.147 e. The number of anilines is 1. The van der Waals surface area contributed by atoms with Crippen LogP contribution in [0.15, 0.2) is 12.3 Å². The van der Waals surface area contributed by atoms with Crippen molar-refractivity contribution < 1.29 is 5.11 Å². The summed E-state index contributed by atoms with van der Waals surface area (Å²) in [5.41, 5.74) is 0.768. The second kappa shape index (κ2) is 6.39. The van der Waals surface area contributed by atoms with E-state index in [0.29, 0.717) is 5.02 Å². The first-order chi connectivity index (χ1) is 8.74. The Hall–Kier alpha value is -0.800. The fourth-order valence-corrected chi connectivity index (χ4v) is 2.94. The Bertz CT molecular complexity index is 389. The molecule has 1 aromatic rings.